The number of likely N-dealkylation sites (tertiary alicyclic amines) is 1. The standard InChI is InChI=1S/C13H25NO4/c1-2-9-17-10-5-13(16)14-6-3-12(4-7-14)18-11-8-15/h12,15H,2-11H2,1H3. The molecule has 1 rings (SSSR count). The van der Waals surface area contributed by atoms with Gasteiger partial charge in [0, 0.05) is 19.7 Å². The lowest BCUT2D eigenvalue weighted by Gasteiger charge is -2.31. The normalized spacial score (nSPS) is 17.1. The summed E-state index contributed by atoms with van der Waals surface area (Å²) in [5.74, 6) is 0.173. The van der Waals surface area contributed by atoms with Gasteiger partial charge in [0.25, 0.3) is 0 Å². The maximum absolute atomic E-state index is 11.8. The lowest BCUT2D eigenvalue weighted by atomic mass is 10.1. The van der Waals surface area contributed by atoms with Crippen LogP contribution in [0.15, 0.2) is 0 Å². The van der Waals surface area contributed by atoms with Crippen molar-refractivity contribution >= 4 is 5.91 Å². The molecule has 0 saturated carbocycles. The first-order valence-corrected chi connectivity index (χ1v) is 6.86. The Morgan fingerprint density at radius 3 is 2.61 bits per heavy atom. The van der Waals surface area contributed by atoms with Gasteiger partial charge in [0.2, 0.25) is 5.91 Å². The number of carbonyl (C=O) groups excluding carboxylic acids is 1. The second-order valence-corrected chi connectivity index (χ2v) is 4.54. The summed E-state index contributed by atoms with van der Waals surface area (Å²) in [7, 11) is 0. The van der Waals surface area contributed by atoms with Gasteiger partial charge in [0.1, 0.15) is 0 Å². The van der Waals surface area contributed by atoms with Gasteiger partial charge in [0.05, 0.1) is 32.3 Å². The highest BCUT2D eigenvalue weighted by molar-refractivity contribution is 5.76. The van der Waals surface area contributed by atoms with Crippen LogP contribution in [0.4, 0.5) is 0 Å². The Balaban J connectivity index is 2.11. The number of hydrogen-bond acceptors (Lipinski definition) is 4. The number of rotatable bonds is 8. The van der Waals surface area contributed by atoms with Gasteiger partial charge in [0.15, 0.2) is 0 Å². The van der Waals surface area contributed by atoms with E-state index in [2.05, 4.69) is 6.92 Å². The number of nitrogens with zero attached hydrogens (tertiary/aromatic N) is 1. The molecule has 0 aromatic heterocycles. The Kier molecular flexibility index (Phi) is 7.96. The predicted octanol–water partition coefficient (Wildman–Crippen LogP) is 0.803. The zero-order valence-electron chi connectivity index (χ0n) is 11.3. The average Bonchev–Trinajstić information content (AvgIpc) is 2.41. The average molecular weight is 259 g/mol. The van der Waals surface area contributed by atoms with Crippen molar-refractivity contribution in [2.24, 2.45) is 0 Å². The van der Waals surface area contributed by atoms with Gasteiger partial charge in [-0.25, -0.2) is 0 Å². The lowest BCUT2D eigenvalue weighted by molar-refractivity contribution is -0.135. The van der Waals surface area contributed by atoms with Crippen LogP contribution < -0.4 is 0 Å². The zero-order valence-corrected chi connectivity index (χ0v) is 11.3. The van der Waals surface area contributed by atoms with Crippen LogP contribution >= 0.6 is 0 Å². The molecule has 0 spiro atoms. The van der Waals surface area contributed by atoms with E-state index in [9.17, 15) is 4.79 Å². The van der Waals surface area contributed by atoms with Crippen molar-refractivity contribution in [3.8, 4) is 0 Å². The molecule has 1 amide bonds. The minimum absolute atomic E-state index is 0.0634. The Labute approximate surface area is 109 Å². The Morgan fingerprint density at radius 2 is 2.00 bits per heavy atom. The molecule has 1 saturated heterocycles. The highest BCUT2D eigenvalue weighted by Crippen LogP contribution is 2.14. The summed E-state index contributed by atoms with van der Waals surface area (Å²) in [5.41, 5.74) is 0. The molecule has 0 aliphatic carbocycles. The molecule has 0 radical (unpaired) electrons. The smallest absolute Gasteiger partial charge is 0.224 e. The number of carbonyl (C=O) groups is 1. The van der Waals surface area contributed by atoms with Crippen LogP contribution in [0.25, 0.3) is 0 Å². The van der Waals surface area contributed by atoms with Crippen molar-refractivity contribution in [1.29, 1.82) is 0 Å². The zero-order chi connectivity index (χ0) is 13.2. The van der Waals surface area contributed by atoms with Crippen LogP contribution in [0.5, 0.6) is 0 Å². The molecule has 5 nitrogen and oxygen atoms in total. The molecule has 0 unspecified atom stereocenters. The quantitative estimate of drug-likeness (QED) is 0.655. The summed E-state index contributed by atoms with van der Waals surface area (Å²) < 4.78 is 10.8. The number of aliphatic hydroxyl groups is 1. The molecule has 5 heteroatoms. The maximum atomic E-state index is 11.8. The van der Waals surface area contributed by atoms with Crippen LogP contribution in [0.3, 0.4) is 0 Å². The van der Waals surface area contributed by atoms with Gasteiger partial charge in [-0.1, -0.05) is 6.92 Å². The fraction of sp³-hybridized carbons (Fsp3) is 0.923. The summed E-state index contributed by atoms with van der Waals surface area (Å²) in [6.07, 6.45) is 3.38. The summed E-state index contributed by atoms with van der Waals surface area (Å²) >= 11 is 0. The van der Waals surface area contributed by atoms with E-state index in [1.807, 2.05) is 4.90 Å². The van der Waals surface area contributed by atoms with Crippen molar-refractivity contribution < 1.29 is 19.4 Å². The van der Waals surface area contributed by atoms with Crippen molar-refractivity contribution in [2.75, 3.05) is 39.5 Å². The molecular formula is C13H25NO4. The first kappa shape index (κ1) is 15.4. The molecule has 0 aromatic rings. The molecule has 1 aliphatic heterocycles. The Bertz CT molecular complexity index is 227. The van der Waals surface area contributed by atoms with E-state index >= 15 is 0 Å². The second kappa shape index (κ2) is 9.30. The lowest BCUT2D eigenvalue weighted by Crippen LogP contribution is -2.41. The third-order valence-electron chi connectivity index (χ3n) is 3.05. The van der Waals surface area contributed by atoms with Crippen molar-refractivity contribution in [3.05, 3.63) is 0 Å². The first-order chi connectivity index (χ1) is 8.77. The molecule has 1 heterocycles. The van der Waals surface area contributed by atoms with Crippen LogP contribution in [0, 0.1) is 0 Å². The minimum atomic E-state index is 0.0634. The highest BCUT2D eigenvalue weighted by atomic mass is 16.5. The van der Waals surface area contributed by atoms with Crippen LogP contribution in [0.2, 0.25) is 0 Å². The van der Waals surface area contributed by atoms with E-state index in [1.54, 1.807) is 0 Å². The summed E-state index contributed by atoms with van der Waals surface area (Å²) in [6, 6.07) is 0. The predicted molar refractivity (Wildman–Crippen MR) is 68.4 cm³/mol. The fourth-order valence-corrected chi connectivity index (χ4v) is 2.06. The van der Waals surface area contributed by atoms with E-state index in [0.717, 1.165) is 39.0 Å². The molecular weight excluding hydrogens is 234 g/mol. The third kappa shape index (κ3) is 5.80. The summed E-state index contributed by atoms with van der Waals surface area (Å²) in [6.45, 7) is 5.26. The molecule has 18 heavy (non-hydrogen) atoms. The molecule has 0 atom stereocenters. The van der Waals surface area contributed by atoms with Gasteiger partial charge >= 0.3 is 0 Å². The molecule has 0 aromatic carbocycles. The number of amides is 1. The van der Waals surface area contributed by atoms with E-state index in [4.69, 9.17) is 14.6 Å². The monoisotopic (exact) mass is 259 g/mol. The van der Waals surface area contributed by atoms with Gasteiger partial charge in [-0.15, -0.1) is 0 Å². The Hall–Kier alpha value is -0.650. The van der Waals surface area contributed by atoms with Gasteiger partial charge in [-0.05, 0) is 19.3 Å². The number of ether oxygens (including phenoxy) is 2. The number of aliphatic hydroxyl groups excluding tert-OH is 1. The van der Waals surface area contributed by atoms with E-state index in [-0.39, 0.29) is 18.6 Å². The largest absolute Gasteiger partial charge is 0.394 e. The molecule has 1 fully saturated rings. The van der Waals surface area contributed by atoms with E-state index in [1.165, 1.54) is 0 Å². The highest BCUT2D eigenvalue weighted by Gasteiger charge is 2.22. The third-order valence-corrected chi connectivity index (χ3v) is 3.05. The fourth-order valence-electron chi connectivity index (χ4n) is 2.06. The SMILES string of the molecule is CCCOCCC(=O)N1CCC(OCCO)CC1. The van der Waals surface area contributed by atoms with Crippen molar-refractivity contribution in [2.45, 2.75) is 38.7 Å². The summed E-state index contributed by atoms with van der Waals surface area (Å²) in [5, 5.41) is 8.67. The van der Waals surface area contributed by atoms with Crippen molar-refractivity contribution in [1.82, 2.24) is 4.90 Å². The maximum Gasteiger partial charge on any atom is 0.224 e. The molecule has 1 aliphatic rings. The molecule has 0 bridgehead atoms. The summed E-state index contributed by atoms with van der Waals surface area (Å²) in [4.78, 5) is 13.7. The first-order valence-electron chi connectivity index (χ1n) is 6.86. The van der Waals surface area contributed by atoms with E-state index < -0.39 is 0 Å². The topological polar surface area (TPSA) is 59.0 Å². The van der Waals surface area contributed by atoms with Crippen molar-refractivity contribution in [3.63, 3.8) is 0 Å². The number of hydrogen-bond donors (Lipinski definition) is 1. The number of piperidine rings is 1. The van der Waals surface area contributed by atoms with Crippen LogP contribution in [-0.4, -0.2) is 61.5 Å². The Morgan fingerprint density at radius 1 is 1.28 bits per heavy atom. The minimum Gasteiger partial charge on any atom is -0.394 e. The van der Waals surface area contributed by atoms with Crippen LogP contribution in [0.1, 0.15) is 32.6 Å². The van der Waals surface area contributed by atoms with Gasteiger partial charge < -0.3 is 19.5 Å². The molecule has 106 valence electrons. The van der Waals surface area contributed by atoms with E-state index in [0.29, 0.717) is 19.6 Å². The second-order valence-electron chi connectivity index (χ2n) is 4.54. The van der Waals surface area contributed by atoms with Gasteiger partial charge in [-0.3, -0.25) is 4.79 Å². The van der Waals surface area contributed by atoms with Gasteiger partial charge in [-0.2, -0.15) is 0 Å². The van der Waals surface area contributed by atoms with Crippen LogP contribution in [-0.2, 0) is 14.3 Å². The molecule has 1 N–H and O–H groups in total.